The minimum absolute atomic E-state index is 0.755. The molecule has 0 aromatic heterocycles. The zero-order valence-electron chi connectivity index (χ0n) is 14.8. The van der Waals surface area contributed by atoms with Gasteiger partial charge in [0.2, 0.25) is 0 Å². The monoisotopic (exact) mass is 338 g/mol. The van der Waals surface area contributed by atoms with Crippen LogP contribution in [0.4, 0.5) is 0 Å². The number of aliphatic imine (C=N–C) groups is 1. The summed E-state index contributed by atoms with van der Waals surface area (Å²) >= 11 is 2.10. The third-order valence-electron chi connectivity index (χ3n) is 5.54. The van der Waals surface area contributed by atoms with Crippen molar-refractivity contribution in [1.29, 1.82) is 0 Å². The van der Waals surface area contributed by atoms with Crippen LogP contribution in [0, 0.1) is 5.92 Å². The first-order valence-electron chi connectivity index (χ1n) is 9.72. The maximum Gasteiger partial charge on any atom is 0.193 e. The Balaban J connectivity index is 1.53. The second-order valence-corrected chi connectivity index (χ2v) is 8.46. The van der Waals surface area contributed by atoms with E-state index >= 15 is 0 Å². The van der Waals surface area contributed by atoms with Crippen molar-refractivity contribution in [3.8, 4) is 0 Å². The Morgan fingerprint density at radius 1 is 1.09 bits per heavy atom. The number of thioether (sulfide) groups is 1. The number of rotatable bonds is 4. The Kier molecular flexibility index (Phi) is 6.94. The van der Waals surface area contributed by atoms with E-state index in [2.05, 4.69) is 33.8 Å². The number of likely N-dealkylation sites (tertiary alicyclic amines) is 2. The molecule has 3 aliphatic heterocycles. The lowest BCUT2D eigenvalue weighted by atomic mass is 10.0. The molecule has 5 heteroatoms. The van der Waals surface area contributed by atoms with Crippen LogP contribution in [0.25, 0.3) is 0 Å². The van der Waals surface area contributed by atoms with Crippen molar-refractivity contribution in [1.82, 2.24) is 15.1 Å². The van der Waals surface area contributed by atoms with Crippen molar-refractivity contribution in [2.45, 2.75) is 51.5 Å². The van der Waals surface area contributed by atoms with E-state index in [0.717, 1.165) is 25.0 Å². The fourth-order valence-corrected chi connectivity index (χ4v) is 5.29. The Morgan fingerprint density at radius 2 is 1.87 bits per heavy atom. The number of guanidine groups is 1. The summed E-state index contributed by atoms with van der Waals surface area (Å²) in [6, 6.07) is 0.755. The zero-order chi connectivity index (χ0) is 15.9. The number of hydrogen-bond acceptors (Lipinski definition) is 3. The molecular formula is C18H34N4S. The predicted octanol–water partition coefficient (Wildman–Crippen LogP) is 2.66. The summed E-state index contributed by atoms with van der Waals surface area (Å²) < 4.78 is 0. The van der Waals surface area contributed by atoms with Crippen molar-refractivity contribution < 1.29 is 0 Å². The molecule has 0 bridgehead atoms. The average molecular weight is 339 g/mol. The molecule has 0 amide bonds. The molecule has 1 atom stereocenters. The number of nitrogens with one attached hydrogen (secondary N) is 1. The summed E-state index contributed by atoms with van der Waals surface area (Å²) in [6.45, 7) is 9.15. The van der Waals surface area contributed by atoms with Gasteiger partial charge in [0, 0.05) is 32.2 Å². The number of nitrogens with zero attached hydrogens (tertiary/aromatic N) is 3. The van der Waals surface area contributed by atoms with Crippen LogP contribution in [0.15, 0.2) is 4.99 Å². The van der Waals surface area contributed by atoms with E-state index in [1.807, 2.05) is 0 Å². The second kappa shape index (κ2) is 9.16. The van der Waals surface area contributed by atoms with Crippen molar-refractivity contribution >= 4 is 17.7 Å². The van der Waals surface area contributed by atoms with E-state index in [9.17, 15) is 0 Å². The van der Waals surface area contributed by atoms with Gasteiger partial charge in [0.25, 0.3) is 0 Å². The smallest absolute Gasteiger partial charge is 0.193 e. The Morgan fingerprint density at radius 3 is 2.61 bits per heavy atom. The Labute approximate surface area is 146 Å². The summed E-state index contributed by atoms with van der Waals surface area (Å²) in [6.07, 6.45) is 8.23. The fraction of sp³-hybridized carbons (Fsp3) is 0.944. The maximum absolute atomic E-state index is 5.00. The molecule has 3 saturated heterocycles. The normalized spacial score (nSPS) is 28.3. The quantitative estimate of drug-likeness (QED) is 0.631. The zero-order valence-corrected chi connectivity index (χ0v) is 15.6. The standard InChI is InChI=1S/C18H34N4S/c1-2-19-18(20-14-16-7-12-23-13-8-16)22-11-6-17(15-22)21-9-4-3-5-10-21/h16-17H,2-15H2,1H3,(H,19,20). The molecule has 0 saturated carbocycles. The highest BCUT2D eigenvalue weighted by Crippen LogP contribution is 2.23. The summed E-state index contributed by atoms with van der Waals surface area (Å²) in [7, 11) is 0. The SMILES string of the molecule is CCNC(=NCC1CCSCC1)N1CCC(N2CCCCC2)C1. The predicted molar refractivity (Wildman–Crippen MR) is 101 cm³/mol. The summed E-state index contributed by atoms with van der Waals surface area (Å²) in [5, 5.41) is 3.54. The molecule has 132 valence electrons. The van der Waals surface area contributed by atoms with Crippen molar-refractivity contribution in [2.75, 3.05) is 50.8 Å². The molecule has 3 aliphatic rings. The average Bonchev–Trinajstić information content (AvgIpc) is 3.10. The van der Waals surface area contributed by atoms with Gasteiger partial charge in [-0.25, -0.2) is 0 Å². The van der Waals surface area contributed by atoms with Gasteiger partial charge in [-0.2, -0.15) is 11.8 Å². The summed E-state index contributed by atoms with van der Waals surface area (Å²) in [5.74, 6) is 4.64. The highest BCUT2D eigenvalue weighted by Gasteiger charge is 2.30. The maximum atomic E-state index is 5.00. The van der Waals surface area contributed by atoms with E-state index in [-0.39, 0.29) is 0 Å². The van der Waals surface area contributed by atoms with Crippen LogP contribution in [0.5, 0.6) is 0 Å². The molecule has 3 heterocycles. The molecular weight excluding hydrogens is 304 g/mol. The van der Waals surface area contributed by atoms with E-state index in [1.165, 1.54) is 82.2 Å². The third kappa shape index (κ3) is 5.02. The van der Waals surface area contributed by atoms with Gasteiger partial charge in [0.05, 0.1) is 0 Å². The largest absolute Gasteiger partial charge is 0.357 e. The summed E-state index contributed by atoms with van der Waals surface area (Å²) in [4.78, 5) is 10.2. The van der Waals surface area contributed by atoms with Crippen molar-refractivity contribution in [2.24, 2.45) is 10.9 Å². The van der Waals surface area contributed by atoms with Crippen LogP contribution in [-0.2, 0) is 0 Å². The third-order valence-corrected chi connectivity index (χ3v) is 6.59. The minimum atomic E-state index is 0.755. The Hall–Kier alpha value is -0.420. The molecule has 3 fully saturated rings. The molecule has 4 nitrogen and oxygen atoms in total. The lowest BCUT2D eigenvalue weighted by Gasteiger charge is -2.32. The van der Waals surface area contributed by atoms with E-state index in [4.69, 9.17) is 4.99 Å². The lowest BCUT2D eigenvalue weighted by molar-refractivity contribution is 0.168. The van der Waals surface area contributed by atoms with Gasteiger partial charge < -0.3 is 10.2 Å². The number of hydrogen-bond donors (Lipinski definition) is 1. The first-order valence-corrected chi connectivity index (χ1v) is 10.9. The van der Waals surface area contributed by atoms with Crippen LogP contribution < -0.4 is 5.32 Å². The van der Waals surface area contributed by atoms with Gasteiger partial charge in [-0.05, 0) is 69.5 Å². The van der Waals surface area contributed by atoms with Crippen molar-refractivity contribution in [3.05, 3.63) is 0 Å². The van der Waals surface area contributed by atoms with Crippen LogP contribution >= 0.6 is 11.8 Å². The van der Waals surface area contributed by atoms with Gasteiger partial charge in [-0.15, -0.1) is 0 Å². The van der Waals surface area contributed by atoms with Gasteiger partial charge in [-0.1, -0.05) is 6.42 Å². The molecule has 0 radical (unpaired) electrons. The highest BCUT2D eigenvalue weighted by molar-refractivity contribution is 7.99. The second-order valence-electron chi connectivity index (χ2n) is 7.24. The number of piperidine rings is 1. The minimum Gasteiger partial charge on any atom is -0.357 e. The van der Waals surface area contributed by atoms with E-state index < -0.39 is 0 Å². The van der Waals surface area contributed by atoms with Crippen LogP contribution in [-0.4, -0.2) is 72.6 Å². The first-order chi connectivity index (χ1) is 11.4. The molecule has 1 unspecified atom stereocenters. The van der Waals surface area contributed by atoms with E-state index in [0.29, 0.717) is 0 Å². The molecule has 23 heavy (non-hydrogen) atoms. The highest BCUT2D eigenvalue weighted by atomic mass is 32.2. The van der Waals surface area contributed by atoms with Gasteiger partial charge in [0.15, 0.2) is 5.96 Å². The van der Waals surface area contributed by atoms with Crippen LogP contribution in [0.3, 0.4) is 0 Å². The lowest BCUT2D eigenvalue weighted by Crippen LogP contribution is -2.44. The summed E-state index contributed by atoms with van der Waals surface area (Å²) in [5.41, 5.74) is 0. The van der Waals surface area contributed by atoms with Crippen LogP contribution in [0.1, 0.15) is 45.4 Å². The van der Waals surface area contributed by atoms with Crippen molar-refractivity contribution in [3.63, 3.8) is 0 Å². The topological polar surface area (TPSA) is 30.9 Å². The molecule has 1 N–H and O–H groups in total. The molecule has 0 spiro atoms. The van der Waals surface area contributed by atoms with E-state index in [1.54, 1.807) is 0 Å². The first kappa shape index (κ1) is 17.4. The van der Waals surface area contributed by atoms with Gasteiger partial charge >= 0.3 is 0 Å². The van der Waals surface area contributed by atoms with Crippen LogP contribution in [0.2, 0.25) is 0 Å². The molecule has 3 rings (SSSR count). The molecule has 0 aromatic carbocycles. The molecule has 0 aliphatic carbocycles. The van der Waals surface area contributed by atoms with Gasteiger partial charge in [-0.3, -0.25) is 9.89 Å². The fourth-order valence-electron chi connectivity index (χ4n) is 4.09. The Bertz CT molecular complexity index is 375. The molecule has 0 aromatic rings. The van der Waals surface area contributed by atoms with Gasteiger partial charge in [0.1, 0.15) is 0 Å².